The molecule has 1 aromatic carbocycles. The van der Waals surface area contributed by atoms with Crippen molar-refractivity contribution in [1.29, 1.82) is 5.26 Å². The molecule has 0 spiro atoms. The van der Waals surface area contributed by atoms with E-state index >= 15 is 0 Å². The van der Waals surface area contributed by atoms with Crippen LogP contribution < -0.4 is 5.32 Å². The summed E-state index contributed by atoms with van der Waals surface area (Å²) in [6.45, 7) is 4.23. The lowest BCUT2D eigenvalue weighted by molar-refractivity contribution is -0.115. The number of benzene rings is 1. The summed E-state index contributed by atoms with van der Waals surface area (Å²) in [7, 11) is 1.87. The first kappa shape index (κ1) is 23.7. The minimum absolute atomic E-state index is 0.185. The van der Waals surface area contributed by atoms with Crippen molar-refractivity contribution in [2.24, 2.45) is 7.05 Å². The molecule has 0 saturated heterocycles. The SMILES string of the molecule is Cc1c(C#N)c(NC(=O)CCSc2nnc(-c3ccccc3Cl)n2C)n(Cc2ccco2)c1C. The van der Waals surface area contributed by atoms with Gasteiger partial charge in [-0.05, 0) is 43.7 Å². The topological polar surface area (TPSA) is 102 Å². The molecular formula is C24H23ClN6O2S. The molecule has 8 nitrogen and oxygen atoms in total. The molecule has 0 unspecified atom stereocenters. The molecule has 0 radical (unpaired) electrons. The third-order valence-electron chi connectivity index (χ3n) is 5.60. The van der Waals surface area contributed by atoms with Crippen LogP contribution in [0.25, 0.3) is 11.4 Å². The number of anilines is 1. The number of aromatic nitrogens is 4. The second-order valence-electron chi connectivity index (χ2n) is 7.70. The smallest absolute Gasteiger partial charge is 0.226 e. The fourth-order valence-corrected chi connectivity index (χ4v) is 4.70. The van der Waals surface area contributed by atoms with Gasteiger partial charge in [-0.3, -0.25) is 4.79 Å². The van der Waals surface area contributed by atoms with E-state index in [2.05, 4.69) is 21.6 Å². The minimum atomic E-state index is -0.185. The molecule has 1 amide bonds. The first-order chi connectivity index (χ1) is 16.4. The molecular weight excluding hydrogens is 472 g/mol. The van der Waals surface area contributed by atoms with Crippen LogP contribution in [-0.2, 0) is 18.4 Å². The number of nitriles is 1. The molecule has 3 aromatic heterocycles. The van der Waals surface area contributed by atoms with Crippen molar-refractivity contribution in [3.05, 3.63) is 70.3 Å². The van der Waals surface area contributed by atoms with Gasteiger partial charge in [0.15, 0.2) is 11.0 Å². The van der Waals surface area contributed by atoms with Gasteiger partial charge in [0.1, 0.15) is 17.6 Å². The van der Waals surface area contributed by atoms with Crippen LogP contribution in [0, 0.1) is 25.2 Å². The summed E-state index contributed by atoms with van der Waals surface area (Å²) in [5.41, 5.74) is 3.01. The number of carbonyl (C=O) groups excluding carboxylic acids is 1. The zero-order valence-corrected chi connectivity index (χ0v) is 20.6. The number of rotatable bonds is 8. The van der Waals surface area contributed by atoms with E-state index in [-0.39, 0.29) is 12.3 Å². The second-order valence-corrected chi connectivity index (χ2v) is 9.17. The Bertz CT molecular complexity index is 1370. The van der Waals surface area contributed by atoms with E-state index in [1.165, 1.54) is 11.8 Å². The van der Waals surface area contributed by atoms with Crippen molar-refractivity contribution < 1.29 is 9.21 Å². The van der Waals surface area contributed by atoms with Gasteiger partial charge in [-0.15, -0.1) is 10.2 Å². The van der Waals surface area contributed by atoms with Gasteiger partial charge < -0.3 is 18.9 Å². The Morgan fingerprint density at radius 1 is 1.24 bits per heavy atom. The number of hydrogen-bond acceptors (Lipinski definition) is 6. The van der Waals surface area contributed by atoms with E-state index in [4.69, 9.17) is 16.0 Å². The van der Waals surface area contributed by atoms with Gasteiger partial charge in [0.25, 0.3) is 0 Å². The highest BCUT2D eigenvalue weighted by molar-refractivity contribution is 7.99. The Kier molecular flexibility index (Phi) is 7.10. The van der Waals surface area contributed by atoms with Gasteiger partial charge >= 0.3 is 0 Å². The lowest BCUT2D eigenvalue weighted by Gasteiger charge is -2.12. The summed E-state index contributed by atoms with van der Waals surface area (Å²) in [6.07, 6.45) is 1.85. The van der Waals surface area contributed by atoms with Crippen molar-refractivity contribution in [3.63, 3.8) is 0 Å². The van der Waals surface area contributed by atoms with Crippen LogP contribution >= 0.6 is 23.4 Å². The molecule has 0 aliphatic rings. The third-order valence-corrected chi connectivity index (χ3v) is 6.95. The molecule has 0 bridgehead atoms. The highest BCUT2D eigenvalue weighted by Crippen LogP contribution is 2.29. The highest BCUT2D eigenvalue weighted by atomic mass is 35.5. The molecule has 10 heteroatoms. The molecule has 1 N–H and O–H groups in total. The molecule has 0 atom stereocenters. The van der Waals surface area contributed by atoms with E-state index in [9.17, 15) is 10.1 Å². The van der Waals surface area contributed by atoms with E-state index in [1.54, 1.807) is 6.26 Å². The average molecular weight is 495 g/mol. The third kappa shape index (κ3) is 4.74. The summed E-state index contributed by atoms with van der Waals surface area (Å²) in [5.74, 6) is 2.21. The maximum atomic E-state index is 12.8. The van der Waals surface area contributed by atoms with E-state index in [1.807, 2.05) is 66.4 Å². The number of hydrogen-bond donors (Lipinski definition) is 1. The Labute approximate surface area is 206 Å². The molecule has 0 aliphatic carbocycles. The summed E-state index contributed by atoms with van der Waals surface area (Å²) in [5, 5.41) is 22.4. The maximum absolute atomic E-state index is 12.8. The van der Waals surface area contributed by atoms with Crippen molar-refractivity contribution in [2.45, 2.75) is 32.0 Å². The molecule has 0 fully saturated rings. The molecule has 34 heavy (non-hydrogen) atoms. The Balaban J connectivity index is 1.43. The molecule has 0 saturated carbocycles. The summed E-state index contributed by atoms with van der Waals surface area (Å²) < 4.78 is 9.22. The van der Waals surface area contributed by atoms with Crippen molar-refractivity contribution in [1.82, 2.24) is 19.3 Å². The predicted molar refractivity (Wildman–Crippen MR) is 132 cm³/mol. The molecule has 174 valence electrons. The van der Waals surface area contributed by atoms with Gasteiger partial charge in [0.05, 0.1) is 23.4 Å². The minimum Gasteiger partial charge on any atom is -0.467 e. The average Bonchev–Trinajstić information content (AvgIpc) is 3.51. The predicted octanol–water partition coefficient (Wildman–Crippen LogP) is 5.19. The van der Waals surface area contributed by atoms with Crippen LogP contribution in [0.15, 0.2) is 52.2 Å². The maximum Gasteiger partial charge on any atom is 0.226 e. The number of carbonyl (C=O) groups is 1. The van der Waals surface area contributed by atoms with Crippen LogP contribution in [0.2, 0.25) is 5.02 Å². The van der Waals surface area contributed by atoms with Crippen LogP contribution in [0.4, 0.5) is 5.82 Å². The zero-order chi connectivity index (χ0) is 24.2. The van der Waals surface area contributed by atoms with Crippen molar-refractivity contribution >= 4 is 35.1 Å². The van der Waals surface area contributed by atoms with Crippen molar-refractivity contribution in [3.8, 4) is 17.5 Å². The van der Waals surface area contributed by atoms with Gasteiger partial charge in [0.2, 0.25) is 5.91 Å². The first-order valence-electron chi connectivity index (χ1n) is 10.6. The number of nitrogens with zero attached hydrogens (tertiary/aromatic N) is 5. The lowest BCUT2D eigenvalue weighted by atomic mass is 10.2. The molecule has 3 heterocycles. The zero-order valence-electron chi connectivity index (χ0n) is 19.0. The monoisotopic (exact) mass is 494 g/mol. The fraction of sp³-hybridized carbons (Fsp3) is 0.250. The van der Waals surface area contributed by atoms with Crippen LogP contribution in [-0.4, -0.2) is 31.0 Å². The number of furan rings is 1. The van der Waals surface area contributed by atoms with Crippen LogP contribution in [0.5, 0.6) is 0 Å². The molecule has 0 aliphatic heterocycles. The molecule has 4 aromatic rings. The normalized spacial score (nSPS) is 10.9. The fourth-order valence-electron chi connectivity index (χ4n) is 3.63. The van der Waals surface area contributed by atoms with Crippen LogP contribution in [0.3, 0.4) is 0 Å². The van der Waals surface area contributed by atoms with Crippen LogP contribution in [0.1, 0.15) is 29.0 Å². The van der Waals surface area contributed by atoms with Gasteiger partial charge in [-0.1, -0.05) is 35.5 Å². The highest BCUT2D eigenvalue weighted by Gasteiger charge is 2.21. The first-order valence-corrected chi connectivity index (χ1v) is 12.0. The van der Waals surface area contributed by atoms with E-state index in [0.29, 0.717) is 39.7 Å². The summed E-state index contributed by atoms with van der Waals surface area (Å²) in [6, 6.07) is 13.4. The van der Waals surface area contributed by atoms with Gasteiger partial charge in [-0.2, -0.15) is 5.26 Å². The molecule has 4 rings (SSSR count). The standard InChI is InChI=1S/C24H23ClN6O2S/c1-15-16(2)31(14-17-7-6-11-33-17)22(19(15)13-26)27-21(32)10-12-34-24-29-28-23(30(24)3)18-8-4-5-9-20(18)25/h4-9,11H,10,12,14H2,1-3H3,(H,27,32). The number of halogens is 1. The lowest BCUT2D eigenvalue weighted by Crippen LogP contribution is -2.17. The van der Waals surface area contributed by atoms with E-state index in [0.717, 1.165) is 22.6 Å². The van der Waals surface area contributed by atoms with E-state index < -0.39 is 0 Å². The Hall–Kier alpha value is -3.48. The number of amides is 1. The van der Waals surface area contributed by atoms with Gasteiger partial charge in [0, 0.05) is 30.5 Å². The Morgan fingerprint density at radius 2 is 2.03 bits per heavy atom. The van der Waals surface area contributed by atoms with Crippen molar-refractivity contribution in [2.75, 3.05) is 11.1 Å². The summed E-state index contributed by atoms with van der Waals surface area (Å²) in [4.78, 5) is 12.8. The Morgan fingerprint density at radius 3 is 2.74 bits per heavy atom. The second kappa shape index (κ2) is 10.2. The number of nitrogens with one attached hydrogen (secondary N) is 1. The quantitative estimate of drug-likeness (QED) is 0.338. The largest absolute Gasteiger partial charge is 0.467 e. The van der Waals surface area contributed by atoms with Gasteiger partial charge in [-0.25, -0.2) is 0 Å². The number of thioether (sulfide) groups is 1. The summed E-state index contributed by atoms with van der Waals surface area (Å²) >= 11 is 7.72.